The van der Waals surface area contributed by atoms with E-state index in [0.717, 1.165) is 0 Å². The van der Waals surface area contributed by atoms with Gasteiger partial charge in [0.05, 0.1) is 5.69 Å². The van der Waals surface area contributed by atoms with Crippen molar-refractivity contribution in [3.05, 3.63) is 30.3 Å². The van der Waals surface area contributed by atoms with Gasteiger partial charge in [-0.1, -0.05) is 18.2 Å². The molecule has 0 spiro atoms. The first-order valence-electron chi connectivity index (χ1n) is 4.86. The molecule has 0 aliphatic carbocycles. The molecule has 1 aliphatic heterocycles. The predicted octanol–water partition coefficient (Wildman–Crippen LogP) is 0.665. The van der Waals surface area contributed by atoms with E-state index in [2.05, 4.69) is 5.10 Å². The Labute approximate surface area is 98.3 Å². The van der Waals surface area contributed by atoms with Crippen LogP contribution >= 0.6 is 0 Å². The minimum atomic E-state index is -4.57. The molecular weight excluding hydrogens is 244 g/mol. The first kappa shape index (κ1) is 11.7. The van der Waals surface area contributed by atoms with Crippen LogP contribution in [0.15, 0.2) is 35.4 Å². The molecule has 0 fully saturated rings. The average molecular weight is 254 g/mol. The first-order chi connectivity index (χ1) is 7.91. The number of nitrogens with zero attached hydrogens (tertiary/aromatic N) is 2. The zero-order valence-corrected chi connectivity index (χ0v) is 9.76. The van der Waals surface area contributed by atoms with Crippen LogP contribution in [0.1, 0.15) is 6.92 Å². The quantitative estimate of drug-likeness (QED) is 0.744. The lowest BCUT2D eigenvalue weighted by molar-refractivity contribution is -0.113. The highest BCUT2D eigenvalue weighted by molar-refractivity contribution is 8.03. The fraction of sp³-hybridized carbons (Fsp3) is 0.200. The molecule has 1 aliphatic rings. The van der Waals surface area contributed by atoms with Crippen LogP contribution in [0, 0.1) is 0 Å². The second-order valence-electron chi connectivity index (χ2n) is 3.60. The lowest BCUT2D eigenvalue weighted by Crippen LogP contribution is -2.32. The summed E-state index contributed by atoms with van der Waals surface area (Å²) in [5.74, 6) is -0.712. The monoisotopic (exact) mass is 254 g/mol. The van der Waals surface area contributed by atoms with Gasteiger partial charge in [0.15, 0.2) is 0 Å². The molecule has 0 radical (unpaired) electrons. The Balaban J connectivity index is 2.46. The number of anilines is 1. The summed E-state index contributed by atoms with van der Waals surface area (Å²) >= 11 is 0. The maximum Gasteiger partial charge on any atom is 0.317 e. The number of Topliss-reactive ketones (excluding diaryl/α,β-unsaturated/α-hetero) is 1. The molecule has 1 unspecified atom stereocenters. The number of carbonyl (C=O) groups is 1. The van der Waals surface area contributed by atoms with E-state index in [4.69, 9.17) is 4.55 Å². The van der Waals surface area contributed by atoms with Crippen LogP contribution in [0.25, 0.3) is 0 Å². The normalized spacial score (nSPS) is 20.6. The lowest BCUT2D eigenvalue weighted by atomic mass is 10.2. The molecule has 90 valence electrons. The topological polar surface area (TPSA) is 87.0 Å². The molecule has 0 saturated carbocycles. The predicted molar refractivity (Wildman–Crippen MR) is 62.4 cm³/mol. The smallest absolute Gasteiger partial charge is 0.289 e. The van der Waals surface area contributed by atoms with Crippen LogP contribution in [0.5, 0.6) is 0 Å². The van der Waals surface area contributed by atoms with Gasteiger partial charge in [-0.3, -0.25) is 14.4 Å². The van der Waals surface area contributed by atoms with Crippen LogP contribution < -0.4 is 5.01 Å². The highest BCUT2D eigenvalue weighted by atomic mass is 32.2. The van der Waals surface area contributed by atoms with Gasteiger partial charge in [-0.15, -0.1) is 0 Å². The van der Waals surface area contributed by atoms with Gasteiger partial charge in [0.2, 0.25) is 10.8 Å². The molecule has 17 heavy (non-hydrogen) atoms. The van der Waals surface area contributed by atoms with Crippen molar-refractivity contribution in [2.24, 2.45) is 5.10 Å². The van der Waals surface area contributed by atoms with Crippen LogP contribution in [-0.4, -0.2) is 29.8 Å². The van der Waals surface area contributed by atoms with Gasteiger partial charge in [-0.05, 0) is 19.1 Å². The van der Waals surface area contributed by atoms with E-state index < -0.39 is 27.0 Å². The summed E-state index contributed by atoms with van der Waals surface area (Å²) in [5, 5.41) is 4.11. The van der Waals surface area contributed by atoms with Gasteiger partial charge >= 0.3 is 10.1 Å². The molecular formula is C10H10N2O4S. The third kappa shape index (κ3) is 2.06. The summed E-state index contributed by atoms with van der Waals surface area (Å²) < 4.78 is 30.8. The molecule has 2 rings (SSSR count). The lowest BCUT2D eigenvalue weighted by Gasteiger charge is -2.17. The number of hydrogen-bond acceptors (Lipinski definition) is 5. The minimum absolute atomic E-state index is 0.590. The van der Waals surface area contributed by atoms with Crippen LogP contribution in [0.3, 0.4) is 0 Å². The summed E-state index contributed by atoms with van der Waals surface area (Å²) in [4.78, 5) is 11.6. The number of hydrogen-bond donors (Lipinski definition) is 1. The Kier molecular flexibility index (Phi) is 2.72. The Bertz CT molecular complexity index is 580. The highest BCUT2D eigenvalue weighted by Crippen LogP contribution is 2.23. The molecule has 1 heterocycles. The van der Waals surface area contributed by atoms with E-state index in [1.54, 1.807) is 30.3 Å². The summed E-state index contributed by atoms with van der Waals surface area (Å²) in [6, 6.07) is 7.93. The largest absolute Gasteiger partial charge is 0.317 e. The summed E-state index contributed by atoms with van der Waals surface area (Å²) in [6.45, 7) is 1.52. The number of para-hydroxylation sites is 1. The SMILES string of the molecule is CC1C(=O)C(S(=O)(=O)O)=NN1c1ccccc1. The number of hydrazone groups is 1. The second-order valence-corrected chi connectivity index (χ2v) is 4.94. The molecule has 1 atom stereocenters. The molecule has 1 N–H and O–H groups in total. The number of benzene rings is 1. The van der Waals surface area contributed by atoms with E-state index in [9.17, 15) is 13.2 Å². The summed E-state index contributed by atoms with van der Waals surface area (Å²) in [7, 11) is -4.57. The Morgan fingerprint density at radius 2 is 1.88 bits per heavy atom. The number of ketones is 1. The van der Waals surface area contributed by atoms with E-state index >= 15 is 0 Å². The van der Waals surface area contributed by atoms with Crippen molar-refractivity contribution in [2.75, 3.05) is 5.01 Å². The molecule has 1 aromatic rings. The van der Waals surface area contributed by atoms with Crippen molar-refractivity contribution in [1.29, 1.82) is 0 Å². The van der Waals surface area contributed by atoms with Gasteiger partial charge in [-0.25, -0.2) is 0 Å². The third-order valence-corrected chi connectivity index (χ3v) is 3.19. The Morgan fingerprint density at radius 1 is 1.29 bits per heavy atom. The molecule has 1 aromatic carbocycles. The van der Waals surface area contributed by atoms with Crippen molar-refractivity contribution < 1.29 is 17.8 Å². The van der Waals surface area contributed by atoms with Gasteiger partial charge in [0.1, 0.15) is 6.04 Å². The fourth-order valence-electron chi connectivity index (χ4n) is 1.56. The number of rotatable bonds is 1. The maximum absolute atomic E-state index is 11.6. The Morgan fingerprint density at radius 3 is 2.35 bits per heavy atom. The zero-order chi connectivity index (χ0) is 12.6. The van der Waals surface area contributed by atoms with Gasteiger partial charge < -0.3 is 0 Å². The summed E-state index contributed by atoms with van der Waals surface area (Å²) in [6.07, 6.45) is 0. The molecule has 0 aromatic heterocycles. The zero-order valence-electron chi connectivity index (χ0n) is 8.94. The van der Waals surface area contributed by atoms with E-state index in [1.165, 1.54) is 11.9 Å². The fourth-order valence-corrected chi connectivity index (χ4v) is 2.18. The van der Waals surface area contributed by atoms with E-state index in [0.29, 0.717) is 5.69 Å². The third-order valence-electron chi connectivity index (χ3n) is 2.42. The molecule has 6 nitrogen and oxygen atoms in total. The average Bonchev–Trinajstić information content (AvgIpc) is 2.57. The van der Waals surface area contributed by atoms with E-state index in [1.807, 2.05) is 0 Å². The van der Waals surface area contributed by atoms with Crippen molar-refractivity contribution >= 4 is 26.6 Å². The van der Waals surface area contributed by atoms with Gasteiger partial charge in [0.25, 0.3) is 0 Å². The molecule has 7 heteroatoms. The molecule has 0 bridgehead atoms. The van der Waals surface area contributed by atoms with Crippen molar-refractivity contribution in [3.63, 3.8) is 0 Å². The van der Waals surface area contributed by atoms with Gasteiger partial charge in [-0.2, -0.15) is 13.5 Å². The minimum Gasteiger partial charge on any atom is -0.289 e. The maximum atomic E-state index is 11.6. The van der Waals surface area contributed by atoms with Crippen LogP contribution in [0.2, 0.25) is 0 Å². The van der Waals surface area contributed by atoms with Crippen molar-refractivity contribution in [3.8, 4) is 0 Å². The first-order valence-corrected chi connectivity index (χ1v) is 6.30. The van der Waals surface area contributed by atoms with Crippen molar-refractivity contribution in [1.82, 2.24) is 0 Å². The molecule has 0 amide bonds. The molecule has 0 saturated heterocycles. The van der Waals surface area contributed by atoms with Crippen molar-refractivity contribution in [2.45, 2.75) is 13.0 Å². The summed E-state index contributed by atoms with van der Waals surface area (Å²) in [5.41, 5.74) is 0.590. The Hall–Kier alpha value is -1.73. The standard InChI is InChI=1S/C10H10N2O4S/c1-7-9(13)10(17(14,15)16)11-12(7)8-5-3-2-4-6-8/h2-7H,1H3,(H,14,15,16). The van der Waals surface area contributed by atoms with Crippen LogP contribution in [0.4, 0.5) is 5.69 Å². The second kappa shape index (κ2) is 3.94. The number of carbonyl (C=O) groups excluding carboxylic acids is 1. The van der Waals surface area contributed by atoms with Gasteiger partial charge in [0, 0.05) is 0 Å². The van der Waals surface area contributed by atoms with E-state index in [-0.39, 0.29) is 0 Å². The van der Waals surface area contributed by atoms with Crippen LogP contribution in [-0.2, 0) is 14.9 Å². The highest BCUT2D eigenvalue weighted by Gasteiger charge is 2.39.